The van der Waals surface area contributed by atoms with Gasteiger partial charge in [0.05, 0.1) is 0 Å². The number of nitrogens with zero attached hydrogens (tertiary/aromatic N) is 1. The average molecular weight is 189 g/mol. The third-order valence-electron chi connectivity index (χ3n) is 3.24. The molecule has 2 rings (SSSR count). The Labute approximate surface area is 86.6 Å². The van der Waals surface area contributed by atoms with Gasteiger partial charge in [-0.25, -0.2) is 0 Å². The first-order valence-corrected chi connectivity index (χ1v) is 5.82. The summed E-state index contributed by atoms with van der Waals surface area (Å²) in [6, 6.07) is 4.45. The van der Waals surface area contributed by atoms with Crippen molar-refractivity contribution >= 4 is 0 Å². The van der Waals surface area contributed by atoms with Crippen molar-refractivity contribution in [3.63, 3.8) is 0 Å². The van der Waals surface area contributed by atoms with E-state index >= 15 is 0 Å². The van der Waals surface area contributed by atoms with Gasteiger partial charge in [0.2, 0.25) is 0 Å². The van der Waals surface area contributed by atoms with Gasteiger partial charge in [0.25, 0.3) is 0 Å². The first kappa shape index (κ1) is 9.70. The molecule has 0 aliphatic heterocycles. The van der Waals surface area contributed by atoms with Gasteiger partial charge in [-0.2, -0.15) is 0 Å². The zero-order valence-corrected chi connectivity index (χ0v) is 9.00. The third-order valence-corrected chi connectivity index (χ3v) is 3.24. The van der Waals surface area contributed by atoms with Gasteiger partial charge in [-0.1, -0.05) is 32.6 Å². The monoisotopic (exact) mass is 189 g/mol. The van der Waals surface area contributed by atoms with E-state index in [9.17, 15) is 0 Å². The molecule has 0 saturated heterocycles. The fourth-order valence-electron chi connectivity index (χ4n) is 2.40. The molecule has 0 amide bonds. The van der Waals surface area contributed by atoms with E-state index in [0.29, 0.717) is 0 Å². The van der Waals surface area contributed by atoms with E-state index in [1.54, 1.807) is 0 Å². The summed E-state index contributed by atoms with van der Waals surface area (Å²) in [5.41, 5.74) is 2.73. The minimum Gasteiger partial charge on any atom is -0.261 e. The van der Waals surface area contributed by atoms with Crippen LogP contribution in [0.3, 0.4) is 0 Å². The number of rotatable bonds is 3. The molecule has 1 saturated carbocycles. The highest BCUT2D eigenvalue weighted by Gasteiger charge is 2.15. The Morgan fingerprint density at radius 2 is 2.14 bits per heavy atom. The fraction of sp³-hybridized carbons (Fsp3) is 0.615. The van der Waals surface area contributed by atoms with Gasteiger partial charge in [-0.15, -0.1) is 0 Å². The number of aryl methyl sites for hydroxylation is 1. The third kappa shape index (κ3) is 2.34. The molecule has 1 fully saturated rings. The highest BCUT2D eigenvalue weighted by Crippen LogP contribution is 2.27. The van der Waals surface area contributed by atoms with Crippen LogP contribution in [0.2, 0.25) is 0 Å². The molecule has 0 atom stereocenters. The van der Waals surface area contributed by atoms with Crippen LogP contribution in [-0.2, 0) is 12.8 Å². The maximum Gasteiger partial charge on any atom is 0.0403 e. The van der Waals surface area contributed by atoms with Gasteiger partial charge >= 0.3 is 0 Å². The minimum atomic E-state index is 0.946. The van der Waals surface area contributed by atoms with Crippen molar-refractivity contribution in [2.75, 3.05) is 0 Å². The molecule has 14 heavy (non-hydrogen) atoms. The predicted octanol–water partition coefficient (Wildman–Crippen LogP) is 3.38. The lowest BCUT2D eigenvalue weighted by Gasteiger charge is -2.09. The Bertz CT molecular complexity index is 287. The standard InChI is InChI=1S/C13H19N/c1-2-13-10-12(7-8-14-13)9-11-5-3-4-6-11/h7-8,10-11H,2-6,9H2,1H3. The summed E-state index contributed by atoms with van der Waals surface area (Å²) in [4.78, 5) is 4.33. The van der Waals surface area contributed by atoms with Crippen LogP contribution in [0.1, 0.15) is 43.9 Å². The summed E-state index contributed by atoms with van der Waals surface area (Å²) < 4.78 is 0. The number of pyridine rings is 1. The van der Waals surface area contributed by atoms with Crippen molar-refractivity contribution in [3.05, 3.63) is 29.6 Å². The van der Waals surface area contributed by atoms with Gasteiger partial charge in [-0.05, 0) is 36.5 Å². The largest absolute Gasteiger partial charge is 0.261 e. The molecule has 1 aliphatic carbocycles. The van der Waals surface area contributed by atoms with E-state index in [0.717, 1.165) is 12.3 Å². The van der Waals surface area contributed by atoms with E-state index in [-0.39, 0.29) is 0 Å². The summed E-state index contributed by atoms with van der Waals surface area (Å²) in [7, 11) is 0. The molecular weight excluding hydrogens is 170 g/mol. The molecule has 0 N–H and O–H groups in total. The second-order valence-electron chi connectivity index (χ2n) is 4.36. The molecule has 1 aliphatic rings. The Hall–Kier alpha value is -0.850. The molecular formula is C13H19N. The maximum atomic E-state index is 4.33. The van der Waals surface area contributed by atoms with E-state index in [4.69, 9.17) is 0 Å². The zero-order valence-electron chi connectivity index (χ0n) is 9.00. The summed E-state index contributed by atoms with van der Waals surface area (Å²) in [6.07, 6.45) is 10.0. The number of aromatic nitrogens is 1. The van der Waals surface area contributed by atoms with Gasteiger partial charge in [0.15, 0.2) is 0 Å². The molecule has 1 heterocycles. The van der Waals surface area contributed by atoms with E-state index in [1.807, 2.05) is 6.20 Å². The fourth-order valence-corrected chi connectivity index (χ4v) is 2.40. The van der Waals surface area contributed by atoms with Crippen LogP contribution in [0.15, 0.2) is 18.3 Å². The normalized spacial score (nSPS) is 17.5. The first-order valence-electron chi connectivity index (χ1n) is 5.82. The zero-order chi connectivity index (χ0) is 9.80. The lowest BCUT2D eigenvalue weighted by Crippen LogP contribution is -1.99. The maximum absolute atomic E-state index is 4.33. The molecule has 0 radical (unpaired) electrons. The van der Waals surface area contributed by atoms with Crippen molar-refractivity contribution in [1.29, 1.82) is 0 Å². The van der Waals surface area contributed by atoms with Gasteiger partial charge in [0.1, 0.15) is 0 Å². The lowest BCUT2D eigenvalue weighted by atomic mass is 9.98. The number of hydrogen-bond donors (Lipinski definition) is 0. The molecule has 0 aromatic carbocycles. The Morgan fingerprint density at radius 1 is 1.36 bits per heavy atom. The lowest BCUT2D eigenvalue weighted by molar-refractivity contribution is 0.546. The molecule has 1 heteroatoms. The van der Waals surface area contributed by atoms with E-state index < -0.39 is 0 Å². The molecule has 0 unspecified atom stereocenters. The van der Waals surface area contributed by atoms with Crippen LogP contribution in [0.5, 0.6) is 0 Å². The minimum absolute atomic E-state index is 0.946. The highest BCUT2D eigenvalue weighted by atomic mass is 14.7. The molecule has 0 bridgehead atoms. The van der Waals surface area contributed by atoms with Crippen molar-refractivity contribution in [2.45, 2.75) is 45.4 Å². The van der Waals surface area contributed by atoms with Crippen molar-refractivity contribution in [3.8, 4) is 0 Å². The van der Waals surface area contributed by atoms with Gasteiger partial charge in [0, 0.05) is 11.9 Å². The van der Waals surface area contributed by atoms with Crippen LogP contribution in [0, 0.1) is 5.92 Å². The van der Waals surface area contributed by atoms with Crippen LogP contribution < -0.4 is 0 Å². The number of hydrogen-bond acceptors (Lipinski definition) is 1. The summed E-state index contributed by atoms with van der Waals surface area (Å²) in [5, 5.41) is 0. The molecule has 0 spiro atoms. The Morgan fingerprint density at radius 3 is 2.86 bits per heavy atom. The molecule has 1 aromatic rings. The quantitative estimate of drug-likeness (QED) is 0.710. The first-order chi connectivity index (χ1) is 6.88. The summed E-state index contributed by atoms with van der Waals surface area (Å²) >= 11 is 0. The highest BCUT2D eigenvalue weighted by molar-refractivity contribution is 5.17. The van der Waals surface area contributed by atoms with Crippen LogP contribution in [0.4, 0.5) is 0 Å². The van der Waals surface area contributed by atoms with Gasteiger partial charge < -0.3 is 0 Å². The second-order valence-corrected chi connectivity index (χ2v) is 4.36. The van der Waals surface area contributed by atoms with Crippen LogP contribution >= 0.6 is 0 Å². The SMILES string of the molecule is CCc1cc(CC2CCCC2)ccn1. The van der Waals surface area contributed by atoms with Gasteiger partial charge in [-0.3, -0.25) is 4.98 Å². The molecule has 1 nitrogen and oxygen atoms in total. The summed E-state index contributed by atoms with van der Waals surface area (Å²) in [6.45, 7) is 2.17. The molecule has 76 valence electrons. The average Bonchev–Trinajstić information content (AvgIpc) is 2.71. The van der Waals surface area contributed by atoms with Crippen molar-refractivity contribution in [1.82, 2.24) is 4.98 Å². The van der Waals surface area contributed by atoms with E-state index in [1.165, 1.54) is 43.4 Å². The smallest absolute Gasteiger partial charge is 0.0403 e. The van der Waals surface area contributed by atoms with E-state index in [2.05, 4.69) is 24.0 Å². The topological polar surface area (TPSA) is 12.9 Å². The summed E-state index contributed by atoms with van der Waals surface area (Å²) in [5.74, 6) is 0.946. The van der Waals surface area contributed by atoms with Crippen molar-refractivity contribution in [2.24, 2.45) is 5.92 Å². The molecule has 1 aromatic heterocycles. The predicted molar refractivity (Wildman–Crippen MR) is 59.3 cm³/mol. The van der Waals surface area contributed by atoms with Crippen molar-refractivity contribution < 1.29 is 0 Å². The Balaban J connectivity index is 2.00. The van der Waals surface area contributed by atoms with Crippen LogP contribution in [0.25, 0.3) is 0 Å². The Kier molecular flexibility index (Phi) is 3.18. The van der Waals surface area contributed by atoms with Crippen LogP contribution in [-0.4, -0.2) is 4.98 Å². The second kappa shape index (κ2) is 4.59.